The van der Waals surface area contributed by atoms with E-state index < -0.39 is 34.2 Å². The van der Waals surface area contributed by atoms with Gasteiger partial charge in [-0.3, -0.25) is 0 Å². The molecule has 0 aromatic heterocycles. The van der Waals surface area contributed by atoms with Crippen molar-refractivity contribution < 1.29 is 40.9 Å². The van der Waals surface area contributed by atoms with Crippen LogP contribution in [0.25, 0.3) is 11.1 Å². The smallest absolute Gasteiger partial charge is 0.211 e. The van der Waals surface area contributed by atoms with Crippen LogP contribution < -0.4 is 0 Å². The molecule has 0 bridgehead atoms. The molecular formula is C20H20O8. The number of rotatable bonds is 2. The lowest BCUT2D eigenvalue weighted by atomic mass is 9.78. The number of aryl methyl sites for hydroxylation is 1. The van der Waals surface area contributed by atoms with E-state index in [2.05, 4.69) is 0 Å². The standard InChI is InChI=1S/C20H20O8/c1-9-3-5-13(21)11(7-9)12-8-10(4-6-14(12)22)20(28)17(25)15(23)19(2,27)16(24)18(20)26/h3-8,21-28H,1-2H3. The van der Waals surface area contributed by atoms with Crippen molar-refractivity contribution in [3.05, 3.63) is 70.6 Å². The highest BCUT2D eigenvalue weighted by molar-refractivity contribution is 5.77. The summed E-state index contributed by atoms with van der Waals surface area (Å²) in [5.74, 6) is -5.13. The summed E-state index contributed by atoms with van der Waals surface area (Å²) >= 11 is 0. The van der Waals surface area contributed by atoms with Crippen LogP contribution in [0.2, 0.25) is 0 Å². The van der Waals surface area contributed by atoms with E-state index in [4.69, 9.17) is 0 Å². The zero-order chi connectivity index (χ0) is 21.0. The van der Waals surface area contributed by atoms with Crippen molar-refractivity contribution in [3.8, 4) is 22.6 Å². The fourth-order valence-electron chi connectivity index (χ4n) is 3.14. The Balaban J connectivity index is 2.28. The highest BCUT2D eigenvalue weighted by Gasteiger charge is 2.54. The van der Waals surface area contributed by atoms with Crippen molar-refractivity contribution in [2.75, 3.05) is 0 Å². The van der Waals surface area contributed by atoms with E-state index in [0.717, 1.165) is 30.7 Å². The van der Waals surface area contributed by atoms with E-state index in [1.54, 1.807) is 19.1 Å². The maximum absolute atomic E-state index is 10.9. The molecule has 0 saturated heterocycles. The maximum atomic E-state index is 10.9. The average Bonchev–Trinajstić information content (AvgIpc) is 2.66. The second-order valence-electron chi connectivity index (χ2n) is 6.93. The van der Waals surface area contributed by atoms with E-state index in [9.17, 15) is 40.9 Å². The summed E-state index contributed by atoms with van der Waals surface area (Å²) in [6, 6.07) is 8.08. The molecule has 1 aliphatic rings. The van der Waals surface area contributed by atoms with E-state index >= 15 is 0 Å². The van der Waals surface area contributed by atoms with Gasteiger partial charge in [-0.05, 0) is 38.1 Å². The number of aliphatic hydroxyl groups is 6. The predicted molar refractivity (Wildman–Crippen MR) is 99.0 cm³/mol. The van der Waals surface area contributed by atoms with Crippen LogP contribution in [0.1, 0.15) is 18.1 Å². The van der Waals surface area contributed by atoms with Crippen molar-refractivity contribution in [2.45, 2.75) is 25.0 Å². The van der Waals surface area contributed by atoms with Crippen molar-refractivity contribution in [3.63, 3.8) is 0 Å². The van der Waals surface area contributed by atoms with Gasteiger partial charge in [0.2, 0.25) is 5.60 Å². The summed E-state index contributed by atoms with van der Waals surface area (Å²) in [5, 5.41) is 82.0. The van der Waals surface area contributed by atoms with Gasteiger partial charge in [0.25, 0.3) is 0 Å². The molecule has 0 spiro atoms. The highest BCUT2D eigenvalue weighted by Crippen LogP contribution is 2.47. The first-order chi connectivity index (χ1) is 12.9. The molecule has 1 aliphatic carbocycles. The maximum Gasteiger partial charge on any atom is 0.211 e. The third kappa shape index (κ3) is 2.54. The molecule has 8 heteroatoms. The molecule has 8 N–H and O–H groups in total. The molecule has 0 heterocycles. The first-order valence-electron chi connectivity index (χ1n) is 8.26. The number of aliphatic hydroxyl groups excluding tert-OH is 4. The van der Waals surface area contributed by atoms with Gasteiger partial charge in [-0.25, -0.2) is 0 Å². The number of phenols is 2. The Morgan fingerprint density at radius 3 is 1.64 bits per heavy atom. The third-order valence-electron chi connectivity index (χ3n) is 4.91. The summed E-state index contributed by atoms with van der Waals surface area (Å²) in [6.45, 7) is 2.68. The van der Waals surface area contributed by atoms with E-state index in [0.29, 0.717) is 0 Å². The average molecular weight is 388 g/mol. The topological polar surface area (TPSA) is 162 Å². The SMILES string of the molecule is Cc1ccc(O)c(-c2cc(C3(O)C(O)=C(O)C(C)(O)C(O)=C3O)ccc2O)c1. The molecule has 2 aromatic rings. The predicted octanol–water partition coefficient (Wildman–Crippen LogP) is 2.68. The minimum absolute atomic E-state index is 0.0593. The Bertz CT molecular complexity index is 1000. The largest absolute Gasteiger partial charge is 0.507 e. The van der Waals surface area contributed by atoms with Crippen LogP contribution in [0.5, 0.6) is 11.5 Å². The Hall–Kier alpha value is -3.36. The molecule has 0 saturated carbocycles. The van der Waals surface area contributed by atoms with Gasteiger partial charge in [0.1, 0.15) is 11.5 Å². The number of aromatic hydroxyl groups is 2. The highest BCUT2D eigenvalue weighted by atomic mass is 16.4. The first-order valence-corrected chi connectivity index (χ1v) is 8.26. The number of hydrogen-bond donors (Lipinski definition) is 8. The third-order valence-corrected chi connectivity index (χ3v) is 4.91. The lowest BCUT2D eigenvalue weighted by Crippen LogP contribution is -2.45. The van der Waals surface area contributed by atoms with Gasteiger partial charge in [0.15, 0.2) is 28.6 Å². The Kier molecular flexibility index (Phi) is 4.21. The summed E-state index contributed by atoms with van der Waals surface area (Å²) in [7, 11) is 0. The zero-order valence-corrected chi connectivity index (χ0v) is 15.0. The van der Waals surface area contributed by atoms with E-state index in [1.165, 1.54) is 6.07 Å². The normalized spacial score (nSPS) is 25.3. The molecule has 0 amide bonds. The molecule has 2 aromatic carbocycles. The molecule has 0 fully saturated rings. The van der Waals surface area contributed by atoms with Crippen molar-refractivity contribution >= 4 is 0 Å². The molecule has 28 heavy (non-hydrogen) atoms. The van der Waals surface area contributed by atoms with Gasteiger partial charge in [-0.15, -0.1) is 0 Å². The van der Waals surface area contributed by atoms with Crippen molar-refractivity contribution in [1.82, 2.24) is 0 Å². The van der Waals surface area contributed by atoms with Crippen LogP contribution in [-0.2, 0) is 5.60 Å². The van der Waals surface area contributed by atoms with Gasteiger partial charge >= 0.3 is 0 Å². The second-order valence-corrected chi connectivity index (χ2v) is 6.93. The summed E-state index contributed by atoms with van der Waals surface area (Å²) in [6.07, 6.45) is 0. The quantitative estimate of drug-likeness (QED) is 0.389. The van der Waals surface area contributed by atoms with Gasteiger partial charge < -0.3 is 40.9 Å². The second kappa shape index (κ2) is 6.08. The monoisotopic (exact) mass is 388 g/mol. The van der Waals surface area contributed by atoms with E-state index in [-0.39, 0.29) is 28.2 Å². The van der Waals surface area contributed by atoms with Crippen LogP contribution in [0.4, 0.5) is 0 Å². The molecule has 0 aliphatic heterocycles. The van der Waals surface area contributed by atoms with Crippen LogP contribution in [-0.4, -0.2) is 46.5 Å². The van der Waals surface area contributed by atoms with Crippen LogP contribution in [0, 0.1) is 6.92 Å². The van der Waals surface area contributed by atoms with E-state index in [1.807, 2.05) is 0 Å². The lowest BCUT2D eigenvalue weighted by molar-refractivity contribution is -0.0411. The molecular weight excluding hydrogens is 368 g/mol. The Morgan fingerprint density at radius 1 is 0.643 bits per heavy atom. The fourth-order valence-corrected chi connectivity index (χ4v) is 3.14. The van der Waals surface area contributed by atoms with Crippen LogP contribution in [0.15, 0.2) is 59.4 Å². The summed E-state index contributed by atoms with van der Waals surface area (Å²) in [4.78, 5) is 0. The van der Waals surface area contributed by atoms with Crippen molar-refractivity contribution in [1.29, 1.82) is 0 Å². The first kappa shape index (κ1) is 19.4. The Morgan fingerprint density at radius 2 is 1.11 bits per heavy atom. The summed E-state index contributed by atoms with van der Waals surface area (Å²) in [5.41, 5.74) is -4.50. The molecule has 148 valence electrons. The van der Waals surface area contributed by atoms with Gasteiger partial charge in [-0.2, -0.15) is 0 Å². The minimum atomic E-state index is -2.79. The van der Waals surface area contributed by atoms with Crippen LogP contribution >= 0.6 is 0 Å². The molecule has 0 radical (unpaired) electrons. The summed E-state index contributed by atoms with van der Waals surface area (Å²) < 4.78 is 0. The molecule has 8 nitrogen and oxygen atoms in total. The Labute approximate surface area is 159 Å². The molecule has 0 atom stereocenters. The molecule has 0 unspecified atom stereocenters. The zero-order valence-electron chi connectivity index (χ0n) is 15.0. The minimum Gasteiger partial charge on any atom is -0.507 e. The lowest BCUT2D eigenvalue weighted by Gasteiger charge is -2.37. The number of phenolic OH excluding ortho intramolecular Hbond substituents is 2. The fraction of sp³-hybridized carbons (Fsp3) is 0.200. The van der Waals surface area contributed by atoms with Gasteiger partial charge in [0, 0.05) is 16.7 Å². The number of hydrogen-bond acceptors (Lipinski definition) is 8. The van der Waals surface area contributed by atoms with Crippen LogP contribution in [0.3, 0.4) is 0 Å². The molecule has 3 rings (SSSR count). The van der Waals surface area contributed by atoms with Gasteiger partial charge in [-0.1, -0.05) is 17.7 Å². The van der Waals surface area contributed by atoms with Gasteiger partial charge in [0.05, 0.1) is 0 Å². The van der Waals surface area contributed by atoms with Crippen molar-refractivity contribution in [2.24, 2.45) is 0 Å². The number of benzene rings is 2.